The van der Waals surface area contributed by atoms with Crippen molar-refractivity contribution in [2.24, 2.45) is 0 Å². The Bertz CT molecular complexity index is 1050. The first kappa shape index (κ1) is 22.0. The maximum Gasteiger partial charge on any atom is 0.254 e. The van der Waals surface area contributed by atoms with Crippen LogP contribution in [-0.2, 0) is 6.42 Å². The number of carbonyl (C=O) groups excluding carboxylic acids is 1. The first-order valence-electron chi connectivity index (χ1n) is 11.1. The van der Waals surface area contributed by atoms with Crippen molar-refractivity contribution >= 4 is 5.91 Å². The Morgan fingerprint density at radius 3 is 2.53 bits per heavy atom. The topological polar surface area (TPSA) is 71.7 Å². The maximum absolute atomic E-state index is 12.8. The molecule has 0 radical (unpaired) electrons. The minimum atomic E-state index is 0.0671. The molecule has 0 N–H and O–H groups in total. The van der Waals surface area contributed by atoms with E-state index in [9.17, 15) is 4.79 Å². The second kappa shape index (κ2) is 9.96. The molecule has 168 valence electrons. The summed E-state index contributed by atoms with van der Waals surface area (Å²) in [7, 11) is 1.63. The summed E-state index contributed by atoms with van der Waals surface area (Å²) >= 11 is 0. The zero-order chi connectivity index (χ0) is 22.5. The fourth-order valence-corrected chi connectivity index (χ4v) is 3.94. The Kier molecular flexibility index (Phi) is 6.85. The molecule has 1 aromatic heterocycles. The molecule has 0 aliphatic carbocycles. The van der Waals surface area contributed by atoms with Gasteiger partial charge < -0.3 is 14.2 Å². The number of methoxy groups -OCH3 is 1. The first-order valence-corrected chi connectivity index (χ1v) is 11.1. The van der Waals surface area contributed by atoms with Crippen LogP contribution in [0.2, 0.25) is 0 Å². The number of piperazine rings is 1. The Morgan fingerprint density at radius 2 is 1.81 bits per heavy atom. The highest BCUT2D eigenvalue weighted by atomic mass is 16.5. The molecule has 0 unspecified atom stereocenters. The van der Waals surface area contributed by atoms with Crippen LogP contribution in [0.25, 0.3) is 11.4 Å². The third kappa shape index (κ3) is 5.16. The summed E-state index contributed by atoms with van der Waals surface area (Å²) < 4.78 is 10.8. The van der Waals surface area contributed by atoms with Gasteiger partial charge in [-0.05, 0) is 44.5 Å². The minimum Gasteiger partial charge on any atom is -0.496 e. The van der Waals surface area contributed by atoms with Crippen LogP contribution in [0.3, 0.4) is 0 Å². The molecule has 3 aromatic rings. The second-order valence-electron chi connectivity index (χ2n) is 8.30. The Morgan fingerprint density at radius 1 is 1.06 bits per heavy atom. The van der Waals surface area contributed by atoms with Crippen molar-refractivity contribution in [3.8, 4) is 17.1 Å². The van der Waals surface area contributed by atoms with Crippen molar-refractivity contribution in [3.63, 3.8) is 0 Å². The van der Waals surface area contributed by atoms with Gasteiger partial charge in [-0.3, -0.25) is 9.69 Å². The number of nitrogens with zero attached hydrogens (tertiary/aromatic N) is 4. The molecule has 0 bridgehead atoms. The van der Waals surface area contributed by atoms with E-state index < -0.39 is 0 Å². The van der Waals surface area contributed by atoms with E-state index in [0.717, 1.165) is 62.4 Å². The van der Waals surface area contributed by atoms with Gasteiger partial charge in [0.25, 0.3) is 5.91 Å². The SMILES string of the molecule is COc1cc(C(=O)N2CCN(CCCc3nc(-c4ccc(C)cc4)no3)CC2)ccc1C. The Hall–Kier alpha value is -3.19. The number of hydrogen-bond acceptors (Lipinski definition) is 6. The van der Waals surface area contributed by atoms with E-state index in [1.54, 1.807) is 7.11 Å². The predicted octanol–water partition coefficient (Wildman–Crippen LogP) is 3.75. The van der Waals surface area contributed by atoms with Crippen LogP contribution in [0.1, 0.15) is 33.8 Å². The molecule has 1 aliphatic heterocycles. The average molecular weight is 435 g/mol. The van der Waals surface area contributed by atoms with Crippen LogP contribution in [-0.4, -0.2) is 65.7 Å². The van der Waals surface area contributed by atoms with E-state index in [0.29, 0.717) is 17.3 Å². The van der Waals surface area contributed by atoms with E-state index in [4.69, 9.17) is 9.26 Å². The summed E-state index contributed by atoms with van der Waals surface area (Å²) in [5, 5.41) is 4.10. The van der Waals surface area contributed by atoms with Gasteiger partial charge in [0.1, 0.15) is 5.75 Å². The molecular formula is C25H30N4O3. The zero-order valence-corrected chi connectivity index (χ0v) is 19.0. The van der Waals surface area contributed by atoms with Crippen LogP contribution >= 0.6 is 0 Å². The van der Waals surface area contributed by atoms with Crippen LogP contribution in [0.4, 0.5) is 0 Å². The molecule has 32 heavy (non-hydrogen) atoms. The molecule has 1 aliphatic rings. The summed E-state index contributed by atoms with van der Waals surface area (Å²) in [5.74, 6) is 2.13. The molecule has 0 saturated carbocycles. The van der Waals surface area contributed by atoms with Gasteiger partial charge in [-0.15, -0.1) is 0 Å². The summed E-state index contributed by atoms with van der Waals surface area (Å²) in [4.78, 5) is 21.7. The molecule has 7 heteroatoms. The smallest absolute Gasteiger partial charge is 0.254 e. The number of amides is 1. The quantitative estimate of drug-likeness (QED) is 0.564. The Balaban J connectivity index is 1.23. The summed E-state index contributed by atoms with van der Waals surface area (Å²) in [6.45, 7) is 8.17. The number of hydrogen-bond donors (Lipinski definition) is 0. The predicted molar refractivity (Wildman–Crippen MR) is 123 cm³/mol. The van der Waals surface area contributed by atoms with Crippen molar-refractivity contribution in [1.82, 2.24) is 19.9 Å². The van der Waals surface area contributed by atoms with Crippen LogP contribution in [0, 0.1) is 13.8 Å². The van der Waals surface area contributed by atoms with Gasteiger partial charge in [0.05, 0.1) is 7.11 Å². The van der Waals surface area contributed by atoms with Crippen LogP contribution in [0.5, 0.6) is 5.75 Å². The molecule has 7 nitrogen and oxygen atoms in total. The van der Waals surface area contributed by atoms with Crippen molar-refractivity contribution in [1.29, 1.82) is 0 Å². The summed E-state index contributed by atoms with van der Waals surface area (Å²) in [6.07, 6.45) is 1.69. The van der Waals surface area contributed by atoms with E-state index in [1.165, 1.54) is 5.56 Å². The van der Waals surface area contributed by atoms with E-state index in [2.05, 4.69) is 22.0 Å². The number of rotatable bonds is 7. The van der Waals surface area contributed by atoms with Crippen molar-refractivity contribution in [2.75, 3.05) is 39.8 Å². The summed E-state index contributed by atoms with van der Waals surface area (Å²) in [5.41, 5.74) is 3.89. The standard InChI is InChI=1S/C25H30N4O3/c1-18-6-9-20(10-7-18)24-26-23(32-27-24)5-4-12-28-13-15-29(16-14-28)25(30)21-11-8-19(2)22(17-21)31-3/h6-11,17H,4-5,12-16H2,1-3H3. The van der Waals surface area contributed by atoms with Gasteiger partial charge >= 0.3 is 0 Å². The molecule has 0 atom stereocenters. The van der Waals surface area contributed by atoms with Crippen molar-refractivity contribution < 1.29 is 14.1 Å². The van der Waals surface area contributed by atoms with E-state index in [1.807, 2.05) is 54.3 Å². The molecule has 1 amide bonds. The van der Waals surface area contributed by atoms with E-state index >= 15 is 0 Å². The number of ether oxygens (including phenoxy) is 1. The molecule has 1 fully saturated rings. The minimum absolute atomic E-state index is 0.0671. The lowest BCUT2D eigenvalue weighted by molar-refractivity contribution is 0.0635. The van der Waals surface area contributed by atoms with Crippen molar-refractivity contribution in [2.45, 2.75) is 26.7 Å². The lowest BCUT2D eigenvalue weighted by atomic mass is 10.1. The lowest BCUT2D eigenvalue weighted by Gasteiger charge is -2.34. The lowest BCUT2D eigenvalue weighted by Crippen LogP contribution is -2.48. The third-order valence-electron chi connectivity index (χ3n) is 5.96. The average Bonchev–Trinajstić information content (AvgIpc) is 3.29. The highest BCUT2D eigenvalue weighted by Gasteiger charge is 2.22. The van der Waals surface area contributed by atoms with E-state index in [-0.39, 0.29) is 5.91 Å². The van der Waals surface area contributed by atoms with Crippen LogP contribution < -0.4 is 4.74 Å². The Labute approximate surface area is 189 Å². The van der Waals surface area contributed by atoms with Gasteiger partial charge in [-0.2, -0.15) is 4.98 Å². The normalized spacial score (nSPS) is 14.5. The largest absolute Gasteiger partial charge is 0.496 e. The number of carbonyl (C=O) groups is 1. The maximum atomic E-state index is 12.8. The molecule has 1 saturated heterocycles. The second-order valence-corrected chi connectivity index (χ2v) is 8.30. The monoisotopic (exact) mass is 434 g/mol. The third-order valence-corrected chi connectivity index (χ3v) is 5.96. The molecule has 0 spiro atoms. The van der Waals surface area contributed by atoms with Gasteiger partial charge in [-0.1, -0.05) is 41.1 Å². The molecule has 2 aromatic carbocycles. The fourth-order valence-electron chi connectivity index (χ4n) is 3.94. The number of aryl methyl sites for hydroxylation is 3. The van der Waals surface area contributed by atoms with Gasteiger partial charge in [0.15, 0.2) is 0 Å². The van der Waals surface area contributed by atoms with Crippen molar-refractivity contribution in [3.05, 3.63) is 65.0 Å². The summed E-state index contributed by atoms with van der Waals surface area (Å²) in [6, 6.07) is 13.8. The first-order chi connectivity index (χ1) is 15.5. The highest BCUT2D eigenvalue weighted by Crippen LogP contribution is 2.21. The fraction of sp³-hybridized carbons (Fsp3) is 0.400. The zero-order valence-electron chi connectivity index (χ0n) is 19.0. The molecule has 4 rings (SSSR count). The van der Waals surface area contributed by atoms with Gasteiger partial charge in [0.2, 0.25) is 11.7 Å². The van der Waals surface area contributed by atoms with Gasteiger partial charge in [0, 0.05) is 43.7 Å². The number of benzene rings is 2. The molecular weight excluding hydrogens is 404 g/mol. The van der Waals surface area contributed by atoms with Gasteiger partial charge in [-0.25, -0.2) is 0 Å². The van der Waals surface area contributed by atoms with Crippen LogP contribution in [0.15, 0.2) is 47.0 Å². The number of aromatic nitrogens is 2. The molecule has 2 heterocycles. The highest BCUT2D eigenvalue weighted by molar-refractivity contribution is 5.94.